The number of rotatable bonds is 5. The molecule has 4 nitrogen and oxygen atoms in total. The lowest BCUT2D eigenvalue weighted by molar-refractivity contribution is -0.137. The normalized spacial score (nSPS) is 11.1. The van der Waals surface area contributed by atoms with E-state index in [4.69, 9.17) is 4.74 Å². The summed E-state index contributed by atoms with van der Waals surface area (Å²) in [5.74, 6) is -0.101. The van der Waals surface area contributed by atoms with Crippen molar-refractivity contribution in [1.29, 1.82) is 0 Å². The lowest BCUT2D eigenvalue weighted by atomic mass is 10.0. The zero-order valence-corrected chi connectivity index (χ0v) is 15.0. The van der Waals surface area contributed by atoms with Crippen LogP contribution in [0.2, 0.25) is 0 Å². The Morgan fingerprint density at radius 1 is 1.04 bits per heavy atom. The predicted molar refractivity (Wildman–Crippen MR) is 98.8 cm³/mol. The van der Waals surface area contributed by atoms with Crippen molar-refractivity contribution in [3.8, 4) is 17.0 Å². The van der Waals surface area contributed by atoms with Gasteiger partial charge in [0, 0.05) is 18.3 Å². The number of carbonyl (C=O) groups is 1. The van der Waals surface area contributed by atoms with Crippen LogP contribution in [0.3, 0.4) is 0 Å². The number of alkyl halides is 3. The lowest BCUT2D eigenvalue weighted by Gasteiger charge is -2.14. The average Bonchev–Trinajstić information content (AvgIpc) is 2.71. The highest BCUT2D eigenvalue weighted by molar-refractivity contribution is 5.95. The Hall–Kier alpha value is -3.35. The number of nitrogens with zero attached hydrogens (tertiary/aromatic N) is 1. The Bertz CT molecular complexity index is 970. The third kappa shape index (κ3) is 4.31. The van der Waals surface area contributed by atoms with Gasteiger partial charge in [0.15, 0.2) is 0 Å². The largest absolute Gasteiger partial charge is 0.497 e. The summed E-state index contributed by atoms with van der Waals surface area (Å²) < 4.78 is 44.5. The Labute approximate surface area is 160 Å². The molecular formula is C21H17F3N2O2. The minimum Gasteiger partial charge on any atom is -0.497 e. The molecule has 0 aliphatic rings. The summed E-state index contributed by atoms with van der Waals surface area (Å²) in [5, 5.41) is 2.56. The molecule has 2 aromatic carbocycles. The van der Waals surface area contributed by atoms with Crippen LogP contribution in [0, 0.1) is 0 Å². The predicted octanol–water partition coefficient (Wildman–Crippen LogP) is 4.71. The van der Waals surface area contributed by atoms with Crippen molar-refractivity contribution in [2.75, 3.05) is 7.11 Å². The minimum atomic E-state index is -4.60. The summed E-state index contributed by atoms with van der Waals surface area (Å²) in [6.45, 7) is 0.0419. The van der Waals surface area contributed by atoms with E-state index in [9.17, 15) is 18.0 Å². The van der Waals surface area contributed by atoms with Crippen LogP contribution in [0.4, 0.5) is 13.2 Å². The van der Waals surface area contributed by atoms with Crippen molar-refractivity contribution in [2.24, 2.45) is 0 Å². The molecule has 1 N–H and O–H groups in total. The molecule has 0 aliphatic carbocycles. The zero-order chi connectivity index (χ0) is 20.1. The maximum atomic E-state index is 13.1. The molecule has 0 atom stereocenters. The first-order valence-corrected chi connectivity index (χ1v) is 8.43. The van der Waals surface area contributed by atoms with E-state index in [1.807, 2.05) is 12.1 Å². The van der Waals surface area contributed by atoms with Gasteiger partial charge in [0.2, 0.25) is 0 Å². The summed E-state index contributed by atoms with van der Waals surface area (Å²) in [6, 6.07) is 15.4. The molecule has 0 unspecified atom stereocenters. The summed E-state index contributed by atoms with van der Waals surface area (Å²) in [7, 11) is 1.57. The maximum absolute atomic E-state index is 13.1. The molecule has 0 saturated carbocycles. The van der Waals surface area contributed by atoms with Crippen LogP contribution in [0.1, 0.15) is 21.5 Å². The van der Waals surface area contributed by atoms with Gasteiger partial charge in [-0.05, 0) is 48.0 Å². The Kier molecular flexibility index (Phi) is 5.63. The van der Waals surface area contributed by atoms with Gasteiger partial charge in [-0.3, -0.25) is 9.78 Å². The van der Waals surface area contributed by atoms with Gasteiger partial charge >= 0.3 is 6.18 Å². The zero-order valence-electron chi connectivity index (χ0n) is 15.0. The van der Waals surface area contributed by atoms with E-state index in [0.29, 0.717) is 17.0 Å². The first-order valence-electron chi connectivity index (χ1n) is 8.43. The number of aromatic nitrogens is 1. The molecule has 0 bridgehead atoms. The number of pyridine rings is 1. The van der Waals surface area contributed by atoms with Gasteiger partial charge in [0.1, 0.15) is 5.75 Å². The van der Waals surface area contributed by atoms with E-state index in [1.54, 1.807) is 37.6 Å². The quantitative estimate of drug-likeness (QED) is 0.691. The van der Waals surface area contributed by atoms with Crippen LogP contribution in [0.5, 0.6) is 5.75 Å². The van der Waals surface area contributed by atoms with E-state index >= 15 is 0 Å². The van der Waals surface area contributed by atoms with Gasteiger partial charge in [-0.15, -0.1) is 0 Å². The molecule has 3 aromatic rings. The highest BCUT2D eigenvalue weighted by atomic mass is 19.4. The molecular weight excluding hydrogens is 369 g/mol. The van der Waals surface area contributed by atoms with Gasteiger partial charge in [-0.1, -0.05) is 18.2 Å². The molecule has 0 saturated heterocycles. The fourth-order valence-corrected chi connectivity index (χ4v) is 2.79. The van der Waals surface area contributed by atoms with Crippen LogP contribution < -0.4 is 10.1 Å². The van der Waals surface area contributed by atoms with Crippen molar-refractivity contribution in [1.82, 2.24) is 10.3 Å². The van der Waals surface area contributed by atoms with Gasteiger partial charge in [-0.2, -0.15) is 13.2 Å². The number of ether oxygens (including phenoxy) is 1. The second-order valence-corrected chi connectivity index (χ2v) is 5.97. The van der Waals surface area contributed by atoms with Crippen LogP contribution in [-0.4, -0.2) is 18.0 Å². The molecule has 1 amide bonds. The molecule has 1 aromatic heterocycles. The summed E-state index contributed by atoms with van der Waals surface area (Å²) in [5.41, 5.74) is 0.750. The fraction of sp³-hybridized carbons (Fsp3) is 0.143. The number of methoxy groups -OCH3 is 1. The SMILES string of the molecule is COc1ccc(-c2ncccc2CNC(=O)c2ccccc2C(F)(F)F)cc1. The van der Waals surface area contributed by atoms with E-state index in [-0.39, 0.29) is 6.54 Å². The second-order valence-electron chi connectivity index (χ2n) is 5.97. The number of halogens is 3. The van der Waals surface area contributed by atoms with E-state index in [2.05, 4.69) is 10.3 Å². The Morgan fingerprint density at radius 2 is 1.75 bits per heavy atom. The molecule has 0 fully saturated rings. The fourth-order valence-electron chi connectivity index (χ4n) is 2.79. The number of benzene rings is 2. The molecule has 0 aliphatic heterocycles. The number of carbonyl (C=O) groups excluding carboxylic acids is 1. The average molecular weight is 386 g/mol. The smallest absolute Gasteiger partial charge is 0.417 e. The molecule has 0 radical (unpaired) electrons. The molecule has 7 heteroatoms. The number of amides is 1. The summed E-state index contributed by atoms with van der Waals surface area (Å²) >= 11 is 0. The van der Waals surface area contributed by atoms with Crippen LogP contribution in [0.25, 0.3) is 11.3 Å². The number of nitrogens with one attached hydrogen (secondary N) is 1. The maximum Gasteiger partial charge on any atom is 0.417 e. The molecule has 1 heterocycles. The highest BCUT2D eigenvalue weighted by Crippen LogP contribution is 2.32. The van der Waals surface area contributed by atoms with Crippen LogP contribution in [0.15, 0.2) is 66.9 Å². The van der Waals surface area contributed by atoms with E-state index < -0.39 is 23.2 Å². The molecule has 144 valence electrons. The number of hydrogen-bond acceptors (Lipinski definition) is 3. The van der Waals surface area contributed by atoms with Crippen molar-refractivity contribution in [3.63, 3.8) is 0 Å². The van der Waals surface area contributed by atoms with Crippen molar-refractivity contribution >= 4 is 5.91 Å². The molecule has 28 heavy (non-hydrogen) atoms. The first kappa shape index (κ1) is 19.4. The van der Waals surface area contributed by atoms with Crippen molar-refractivity contribution in [3.05, 3.63) is 83.6 Å². The number of hydrogen-bond donors (Lipinski definition) is 1. The lowest BCUT2D eigenvalue weighted by Crippen LogP contribution is -2.26. The van der Waals surface area contributed by atoms with Crippen molar-refractivity contribution in [2.45, 2.75) is 12.7 Å². The Morgan fingerprint density at radius 3 is 2.43 bits per heavy atom. The third-order valence-corrected chi connectivity index (χ3v) is 4.17. The van der Waals surface area contributed by atoms with Gasteiger partial charge in [0.25, 0.3) is 5.91 Å². The van der Waals surface area contributed by atoms with Gasteiger partial charge in [-0.25, -0.2) is 0 Å². The van der Waals surface area contributed by atoms with Crippen LogP contribution in [-0.2, 0) is 12.7 Å². The molecule has 0 spiro atoms. The van der Waals surface area contributed by atoms with E-state index in [0.717, 1.165) is 17.7 Å². The minimum absolute atomic E-state index is 0.0419. The van der Waals surface area contributed by atoms with Crippen LogP contribution >= 0.6 is 0 Å². The standard InChI is InChI=1S/C21H17F3N2O2/c1-28-16-10-8-14(9-11-16)19-15(5-4-12-25-19)13-26-20(27)17-6-2-3-7-18(17)21(22,23)24/h2-12H,13H2,1H3,(H,26,27). The molecule has 3 rings (SSSR count). The van der Waals surface area contributed by atoms with Crippen molar-refractivity contribution < 1.29 is 22.7 Å². The van der Waals surface area contributed by atoms with Gasteiger partial charge < -0.3 is 10.1 Å². The monoisotopic (exact) mass is 386 g/mol. The highest BCUT2D eigenvalue weighted by Gasteiger charge is 2.34. The summed E-state index contributed by atoms with van der Waals surface area (Å²) in [4.78, 5) is 16.7. The third-order valence-electron chi connectivity index (χ3n) is 4.17. The Balaban J connectivity index is 1.82. The second kappa shape index (κ2) is 8.12. The van der Waals surface area contributed by atoms with E-state index in [1.165, 1.54) is 12.1 Å². The topological polar surface area (TPSA) is 51.2 Å². The summed E-state index contributed by atoms with van der Waals surface area (Å²) in [6.07, 6.45) is -2.99. The van der Waals surface area contributed by atoms with Gasteiger partial charge in [0.05, 0.1) is 23.9 Å². The first-order chi connectivity index (χ1) is 13.4.